The lowest BCUT2D eigenvalue weighted by atomic mass is 9.97. The quantitative estimate of drug-likeness (QED) is 0.884. The van der Waals surface area contributed by atoms with Gasteiger partial charge in [-0.1, -0.05) is 17.7 Å². The molecule has 0 saturated carbocycles. The third-order valence-electron chi connectivity index (χ3n) is 3.51. The minimum atomic E-state index is -3.60. The van der Waals surface area contributed by atoms with E-state index >= 15 is 0 Å². The summed E-state index contributed by atoms with van der Waals surface area (Å²) in [5.74, 6) is 0. The molecular formula is C15H16N2O2S2. The van der Waals surface area contributed by atoms with Gasteiger partial charge in [-0.25, -0.2) is 0 Å². The largest absolute Gasteiger partial charge is 0.276 e. The Balaban J connectivity index is 1.85. The lowest BCUT2D eigenvalue weighted by Gasteiger charge is -2.14. The van der Waals surface area contributed by atoms with Crippen LogP contribution in [0, 0.1) is 6.92 Å². The highest BCUT2D eigenvalue weighted by Crippen LogP contribution is 2.26. The summed E-state index contributed by atoms with van der Waals surface area (Å²) in [6, 6.07) is 8.75. The zero-order valence-corrected chi connectivity index (χ0v) is 13.3. The number of nitrogens with one attached hydrogen (secondary N) is 1. The molecule has 110 valence electrons. The Morgan fingerprint density at radius 3 is 2.67 bits per heavy atom. The van der Waals surface area contributed by atoms with Crippen molar-refractivity contribution in [1.29, 1.82) is 0 Å². The maximum atomic E-state index is 12.2. The molecule has 1 aliphatic rings. The Labute approximate surface area is 128 Å². The summed E-state index contributed by atoms with van der Waals surface area (Å²) in [6.07, 6.45) is 2.87. The van der Waals surface area contributed by atoms with Gasteiger partial charge in [-0.2, -0.15) is 18.4 Å². The van der Waals surface area contributed by atoms with Crippen molar-refractivity contribution in [2.45, 2.75) is 31.1 Å². The smallest absolute Gasteiger partial charge is 0.200 e. The fourth-order valence-electron chi connectivity index (χ4n) is 2.34. The minimum absolute atomic E-state index is 0.235. The first-order chi connectivity index (χ1) is 10.1. The van der Waals surface area contributed by atoms with Crippen LogP contribution in [-0.2, 0) is 16.4 Å². The van der Waals surface area contributed by atoms with Crippen molar-refractivity contribution >= 4 is 27.1 Å². The van der Waals surface area contributed by atoms with Gasteiger partial charge in [0.2, 0.25) is 0 Å². The van der Waals surface area contributed by atoms with Crippen LogP contribution in [0.3, 0.4) is 0 Å². The number of thiophene rings is 1. The summed E-state index contributed by atoms with van der Waals surface area (Å²) in [4.78, 5) is 3.88. The normalized spacial score (nSPS) is 16.7. The number of aryl methyl sites for hydroxylation is 2. The molecule has 0 spiro atoms. The standard InChI is InChI=1S/C15H16N2O2S2/c1-11-5-7-12(8-6-11)21(18,19)17-16-14-3-2-4-15-13(14)9-10-20-15/h5-10,17H,2-4H2,1H3/b16-14+. The van der Waals surface area contributed by atoms with E-state index in [0.29, 0.717) is 0 Å². The molecule has 0 atom stereocenters. The van der Waals surface area contributed by atoms with Gasteiger partial charge in [0.1, 0.15) is 0 Å². The van der Waals surface area contributed by atoms with Gasteiger partial charge in [-0.3, -0.25) is 0 Å². The Morgan fingerprint density at radius 1 is 1.14 bits per heavy atom. The van der Waals surface area contributed by atoms with Gasteiger partial charge in [-0.05, 0) is 49.8 Å². The van der Waals surface area contributed by atoms with Crippen molar-refractivity contribution in [3.8, 4) is 0 Å². The molecule has 1 aromatic carbocycles. The molecule has 6 heteroatoms. The SMILES string of the molecule is Cc1ccc(S(=O)(=O)N/N=C2\CCCc3sccc32)cc1. The van der Waals surface area contributed by atoms with E-state index in [1.54, 1.807) is 35.6 Å². The van der Waals surface area contributed by atoms with Crippen LogP contribution < -0.4 is 4.83 Å². The first-order valence-corrected chi connectivity index (χ1v) is 9.14. The second kappa shape index (κ2) is 5.61. The molecule has 0 fully saturated rings. The maximum Gasteiger partial charge on any atom is 0.276 e. The Bertz CT molecular complexity index is 774. The summed E-state index contributed by atoms with van der Waals surface area (Å²) >= 11 is 1.70. The van der Waals surface area contributed by atoms with E-state index in [9.17, 15) is 8.42 Å². The molecule has 1 aliphatic carbocycles. The summed E-state index contributed by atoms with van der Waals surface area (Å²) in [6.45, 7) is 1.92. The Kier molecular flexibility index (Phi) is 3.82. The van der Waals surface area contributed by atoms with Gasteiger partial charge in [0.05, 0.1) is 10.6 Å². The first-order valence-electron chi connectivity index (χ1n) is 6.78. The molecule has 0 bridgehead atoms. The molecule has 21 heavy (non-hydrogen) atoms. The van der Waals surface area contributed by atoms with Gasteiger partial charge in [0.25, 0.3) is 10.0 Å². The van der Waals surface area contributed by atoms with E-state index in [-0.39, 0.29) is 4.90 Å². The van der Waals surface area contributed by atoms with E-state index in [1.807, 2.05) is 18.4 Å². The highest BCUT2D eigenvalue weighted by Gasteiger charge is 2.18. The number of nitrogens with zero attached hydrogens (tertiary/aromatic N) is 1. The Morgan fingerprint density at radius 2 is 1.90 bits per heavy atom. The van der Waals surface area contributed by atoms with E-state index < -0.39 is 10.0 Å². The van der Waals surface area contributed by atoms with Crippen molar-refractivity contribution in [3.63, 3.8) is 0 Å². The summed E-state index contributed by atoms with van der Waals surface area (Å²) in [7, 11) is -3.60. The Hall–Kier alpha value is -1.66. The molecule has 4 nitrogen and oxygen atoms in total. The first kappa shape index (κ1) is 14.3. The van der Waals surface area contributed by atoms with E-state index in [2.05, 4.69) is 9.93 Å². The van der Waals surface area contributed by atoms with Gasteiger partial charge < -0.3 is 0 Å². The van der Waals surface area contributed by atoms with Gasteiger partial charge in [0.15, 0.2) is 0 Å². The minimum Gasteiger partial charge on any atom is -0.200 e. The predicted molar refractivity (Wildman–Crippen MR) is 85.3 cm³/mol. The second-order valence-corrected chi connectivity index (χ2v) is 7.74. The van der Waals surface area contributed by atoms with Crippen LogP contribution in [0.5, 0.6) is 0 Å². The van der Waals surface area contributed by atoms with Crippen molar-refractivity contribution in [2.24, 2.45) is 5.10 Å². The third kappa shape index (κ3) is 3.01. The zero-order chi connectivity index (χ0) is 14.9. The lowest BCUT2D eigenvalue weighted by molar-refractivity contribution is 0.584. The number of hydrazone groups is 1. The van der Waals surface area contributed by atoms with Gasteiger partial charge in [0, 0.05) is 10.4 Å². The molecule has 3 rings (SSSR count). The van der Waals surface area contributed by atoms with Crippen LogP contribution in [0.1, 0.15) is 28.8 Å². The topological polar surface area (TPSA) is 58.5 Å². The molecule has 1 N–H and O–H groups in total. The van der Waals surface area contributed by atoms with Gasteiger partial charge in [-0.15, -0.1) is 11.3 Å². The van der Waals surface area contributed by atoms with Crippen molar-refractivity contribution in [2.75, 3.05) is 0 Å². The van der Waals surface area contributed by atoms with Crippen LogP contribution in [0.15, 0.2) is 45.7 Å². The fourth-order valence-corrected chi connectivity index (χ4v) is 4.12. The highest BCUT2D eigenvalue weighted by molar-refractivity contribution is 7.89. The van der Waals surface area contributed by atoms with Crippen molar-refractivity contribution in [1.82, 2.24) is 4.83 Å². The van der Waals surface area contributed by atoms with Gasteiger partial charge >= 0.3 is 0 Å². The molecule has 0 amide bonds. The van der Waals surface area contributed by atoms with Crippen LogP contribution in [0.2, 0.25) is 0 Å². The molecule has 0 unspecified atom stereocenters. The highest BCUT2D eigenvalue weighted by atomic mass is 32.2. The molecule has 0 radical (unpaired) electrons. The van der Waals surface area contributed by atoms with Crippen molar-refractivity contribution in [3.05, 3.63) is 51.7 Å². The lowest BCUT2D eigenvalue weighted by Crippen LogP contribution is -2.22. The number of fused-ring (bicyclic) bond motifs is 1. The fraction of sp³-hybridized carbons (Fsp3) is 0.267. The van der Waals surface area contributed by atoms with E-state index in [0.717, 1.165) is 36.1 Å². The average molecular weight is 320 g/mol. The maximum absolute atomic E-state index is 12.2. The third-order valence-corrected chi connectivity index (χ3v) is 5.71. The van der Waals surface area contributed by atoms with E-state index in [1.165, 1.54) is 4.88 Å². The predicted octanol–water partition coefficient (Wildman–Crippen LogP) is 3.08. The summed E-state index contributed by atoms with van der Waals surface area (Å²) < 4.78 is 24.4. The van der Waals surface area contributed by atoms with Crippen LogP contribution >= 0.6 is 11.3 Å². The summed E-state index contributed by atoms with van der Waals surface area (Å²) in [5, 5.41) is 6.18. The molecule has 2 aromatic rings. The van der Waals surface area contributed by atoms with Crippen LogP contribution in [-0.4, -0.2) is 14.1 Å². The molecule has 0 saturated heterocycles. The number of hydrogen-bond acceptors (Lipinski definition) is 4. The van der Waals surface area contributed by atoms with E-state index in [4.69, 9.17) is 0 Å². The zero-order valence-electron chi connectivity index (χ0n) is 11.7. The molecular weight excluding hydrogens is 304 g/mol. The number of rotatable bonds is 3. The molecule has 1 aromatic heterocycles. The summed E-state index contributed by atoms with van der Waals surface area (Å²) in [5.41, 5.74) is 2.93. The molecule has 1 heterocycles. The van der Waals surface area contributed by atoms with Crippen LogP contribution in [0.4, 0.5) is 0 Å². The monoisotopic (exact) mass is 320 g/mol. The molecule has 0 aliphatic heterocycles. The van der Waals surface area contributed by atoms with Crippen LogP contribution in [0.25, 0.3) is 0 Å². The number of benzene rings is 1. The number of hydrogen-bond donors (Lipinski definition) is 1. The second-order valence-electron chi connectivity index (χ2n) is 5.08. The van der Waals surface area contributed by atoms with Crippen molar-refractivity contribution < 1.29 is 8.42 Å². The number of sulfonamides is 1. The average Bonchev–Trinajstić information content (AvgIpc) is 2.94.